The smallest absolute Gasteiger partial charge is 0.193 e. The van der Waals surface area contributed by atoms with E-state index >= 15 is 0 Å². The number of halogens is 1. The number of guanidine groups is 1. The van der Waals surface area contributed by atoms with Crippen LogP contribution in [0.1, 0.15) is 51.4 Å². The van der Waals surface area contributed by atoms with E-state index in [0.29, 0.717) is 12.0 Å². The van der Waals surface area contributed by atoms with Crippen LogP contribution in [-0.2, 0) is 4.74 Å². The third-order valence-electron chi connectivity index (χ3n) is 6.43. The summed E-state index contributed by atoms with van der Waals surface area (Å²) in [5, 5.41) is 13.0. The molecule has 3 aliphatic rings. The molecule has 5 nitrogen and oxygen atoms in total. The van der Waals surface area contributed by atoms with Crippen LogP contribution in [0.3, 0.4) is 0 Å². The van der Waals surface area contributed by atoms with Crippen LogP contribution in [0.4, 0.5) is 0 Å². The summed E-state index contributed by atoms with van der Waals surface area (Å²) in [6, 6.07) is 0. The largest absolute Gasteiger partial charge is 0.396 e. The van der Waals surface area contributed by atoms with Crippen molar-refractivity contribution in [2.75, 3.05) is 46.5 Å². The van der Waals surface area contributed by atoms with Crippen LogP contribution >= 0.6 is 24.0 Å². The predicted octanol–water partition coefficient (Wildman–Crippen LogP) is 2.63. The van der Waals surface area contributed by atoms with Crippen LogP contribution in [0.5, 0.6) is 0 Å². The second-order valence-corrected chi connectivity index (χ2v) is 7.87. The van der Waals surface area contributed by atoms with E-state index in [-0.39, 0.29) is 29.4 Å². The van der Waals surface area contributed by atoms with Crippen LogP contribution < -0.4 is 5.32 Å². The average molecular weight is 451 g/mol. The van der Waals surface area contributed by atoms with E-state index in [9.17, 15) is 5.11 Å². The molecule has 0 bridgehead atoms. The number of likely N-dealkylation sites (tertiary alicyclic amines) is 1. The average Bonchev–Trinajstić information content (AvgIpc) is 3.18. The van der Waals surface area contributed by atoms with E-state index < -0.39 is 0 Å². The molecule has 0 aromatic rings. The third-order valence-corrected chi connectivity index (χ3v) is 6.43. The lowest BCUT2D eigenvalue weighted by Gasteiger charge is -2.34. The van der Waals surface area contributed by atoms with E-state index in [1.165, 1.54) is 44.9 Å². The number of nitrogens with one attached hydrogen (secondary N) is 1. The molecule has 6 heteroatoms. The zero-order valence-corrected chi connectivity index (χ0v) is 17.4. The van der Waals surface area contributed by atoms with Crippen molar-refractivity contribution in [1.82, 2.24) is 10.2 Å². The summed E-state index contributed by atoms with van der Waals surface area (Å²) in [5.41, 5.74) is 0.729. The Labute approximate surface area is 163 Å². The Hall–Kier alpha value is -0.0800. The van der Waals surface area contributed by atoms with E-state index in [0.717, 1.165) is 45.2 Å². The summed E-state index contributed by atoms with van der Waals surface area (Å²) < 4.78 is 5.55. The zero-order chi connectivity index (χ0) is 16.2. The van der Waals surface area contributed by atoms with Gasteiger partial charge in [-0.1, -0.05) is 12.8 Å². The van der Waals surface area contributed by atoms with Crippen molar-refractivity contribution < 1.29 is 9.84 Å². The molecule has 2 saturated heterocycles. The second-order valence-electron chi connectivity index (χ2n) is 7.87. The van der Waals surface area contributed by atoms with Gasteiger partial charge in [0.15, 0.2) is 5.96 Å². The molecule has 3 fully saturated rings. The van der Waals surface area contributed by atoms with Gasteiger partial charge in [0, 0.05) is 46.5 Å². The second kappa shape index (κ2) is 9.03. The van der Waals surface area contributed by atoms with Crippen LogP contribution in [0.2, 0.25) is 0 Å². The summed E-state index contributed by atoms with van der Waals surface area (Å²) >= 11 is 0. The van der Waals surface area contributed by atoms with Gasteiger partial charge in [-0.3, -0.25) is 4.99 Å². The van der Waals surface area contributed by atoms with Gasteiger partial charge >= 0.3 is 0 Å². The Morgan fingerprint density at radius 3 is 2.50 bits per heavy atom. The summed E-state index contributed by atoms with van der Waals surface area (Å²) in [7, 11) is 1.89. The lowest BCUT2D eigenvalue weighted by atomic mass is 9.80. The lowest BCUT2D eigenvalue weighted by Crippen LogP contribution is -2.46. The highest BCUT2D eigenvalue weighted by Crippen LogP contribution is 2.41. The number of hydrogen-bond acceptors (Lipinski definition) is 3. The molecule has 1 spiro atoms. The summed E-state index contributed by atoms with van der Waals surface area (Å²) in [6.07, 6.45) is 9.62. The molecule has 0 aromatic carbocycles. The highest BCUT2D eigenvalue weighted by atomic mass is 127. The fourth-order valence-electron chi connectivity index (χ4n) is 4.80. The summed E-state index contributed by atoms with van der Waals surface area (Å²) in [6.45, 7) is 5.30. The SMILES string of the molecule is CN=C(NCC1(CCO)CCCC1)N1CCC2(CCOCC2)C1.I. The number of nitrogens with zero attached hydrogens (tertiary/aromatic N) is 2. The Balaban J connectivity index is 0.00000208. The number of aliphatic imine (C=N–C) groups is 1. The normalized spacial score (nSPS) is 25.8. The zero-order valence-electron chi connectivity index (χ0n) is 15.1. The molecule has 140 valence electrons. The molecular formula is C18H34IN3O2. The number of aliphatic hydroxyl groups is 1. The quantitative estimate of drug-likeness (QED) is 0.392. The predicted molar refractivity (Wildman–Crippen MR) is 108 cm³/mol. The van der Waals surface area contributed by atoms with Gasteiger partial charge in [-0.25, -0.2) is 0 Å². The van der Waals surface area contributed by atoms with E-state index in [4.69, 9.17) is 4.74 Å². The van der Waals surface area contributed by atoms with Crippen molar-refractivity contribution in [3.05, 3.63) is 0 Å². The third kappa shape index (κ3) is 4.55. The first-order chi connectivity index (χ1) is 11.2. The van der Waals surface area contributed by atoms with E-state index in [1.54, 1.807) is 0 Å². The van der Waals surface area contributed by atoms with Crippen LogP contribution in [0, 0.1) is 10.8 Å². The molecule has 1 aliphatic carbocycles. The van der Waals surface area contributed by atoms with Crippen molar-refractivity contribution in [2.45, 2.75) is 51.4 Å². The van der Waals surface area contributed by atoms with E-state index in [2.05, 4.69) is 15.2 Å². The Kier molecular flexibility index (Phi) is 7.61. The maximum absolute atomic E-state index is 9.41. The lowest BCUT2D eigenvalue weighted by molar-refractivity contribution is 0.0217. The number of hydrogen-bond donors (Lipinski definition) is 2. The van der Waals surface area contributed by atoms with Crippen LogP contribution in [0.15, 0.2) is 4.99 Å². The highest BCUT2D eigenvalue weighted by molar-refractivity contribution is 14.0. The summed E-state index contributed by atoms with van der Waals surface area (Å²) in [4.78, 5) is 6.98. The maximum Gasteiger partial charge on any atom is 0.193 e. The van der Waals surface area contributed by atoms with Crippen LogP contribution in [0.25, 0.3) is 0 Å². The molecule has 2 N–H and O–H groups in total. The van der Waals surface area contributed by atoms with Gasteiger partial charge in [-0.05, 0) is 49.4 Å². The minimum Gasteiger partial charge on any atom is -0.396 e. The molecule has 0 unspecified atom stereocenters. The van der Waals surface area contributed by atoms with Crippen molar-refractivity contribution in [1.29, 1.82) is 0 Å². The van der Waals surface area contributed by atoms with Crippen molar-refractivity contribution >= 4 is 29.9 Å². The van der Waals surface area contributed by atoms with Gasteiger partial charge in [0.2, 0.25) is 0 Å². The first-order valence-corrected chi connectivity index (χ1v) is 9.35. The Bertz CT molecular complexity index is 418. The fraction of sp³-hybridized carbons (Fsp3) is 0.944. The molecule has 2 aliphatic heterocycles. The van der Waals surface area contributed by atoms with Gasteiger partial charge in [-0.2, -0.15) is 0 Å². The molecule has 2 heterocycles. The molecule has 0 radical (unpaired) electrons. The highest BCUT2D eigenvalue weighted by Gasteiger charge is 2.41. The first-order valence-electron chi connectivity index (χ1n) is 9.35. The van der Waals surface area contributed by atoms with Crippen molar-refractivity contribution in [3.8, 4) is 0 Å². The minimum atomic E-state index is 0. The number of ether oxygens (including phenoxy) is 1. The number of rotatable bonds is 4. The maximum atomic E-state index is 9.41. The van der Waals surface area contributed by atoms with Gasteiger partial charge in [-0.15, -0.1) is 24.0 Å². The van der Waals surface area contributed by atoms with Gasteiger partial charge in [0.05, 0.1) is 0 Å². The van der Waals surface area contributed by atoms with Crippen LogP contribution in [-0.4, -0.2) is 62.5 Å². The minimum absolute atomic E-state index is 0. The first kappa shape index (κ1) is 20.2. The topological polar surface area (TPSA) is 57.1 Å². The van der Waals surface area contributed by atoms with Gasteiger partial charge < -0.3 is 20.1 Å². The van der Waals surface area contributed by atoms with E-state index in [1.807, 2.05) is 7.05 Å². The molecule has 0 atom stereocenters. The van der Waals surface area contributed by atoms with Gasteiger partial charge in [0.1, 0.15) is 0 Å². The molecular weight excluding hydrogens is 417 g/mol. The molecule has 3 rings (SSSR count). The monoisotopic (exact) mass is 451 g/mol. The molecule has 0 aromatic heterocycles. The van der Waals surface area contributed by atoms with Crippen molar-refractivity contribution in [3.63, 3.8) is 0 Å². The fourth-order valence-corrected chi connectivity index (χ4v) is 4.80. The summed E-state index contributed by atoms with van der Waals surface area (Å²) in [5.74, 6) is 1.05. The Morgan fingerprint density at radius 2 is 1.88 bits per heavy atom. The van der Waals surface area contributed by atoms with Crippen molar-refractivity contribution in [2.24, 2.45) is 15.8 Å². The molecule has 24 heavy (non-hydrogen) atoms. The van der Waals surface area contributed by atoms with Gasteiger partial charge in [0.25, 0.3) is 0 Å². The standard InChI is InChI=1S/C18H33N3O2.HI/c1-19-16(20-14-17(7-11-22)4-2-3-5-17)21-10-6-18(15-21)8-12-23-13-9-18;/h22H,2-15H2,1H3,(H,19,20);1H. The Morgan fingerprint density at radius 1 is 1.17 bits per heavy atom. The molecule has 0 amide bonds. The molecule has 1 saturated carbocycles. The number of aliphatic hydroxyl groups excluding tert-OH is 1.